The molecule has 0 saturated heterocycles. The van der Waals surface area contributed by atoms with Crippen molar-refractivity contribution in [3.63, 3.8) is 0 Å². The molecule has 1 amide bonds. The van der Waals surface area contributed by atoms with Crippen molar-refractivity contribution in [1.82, 2.24) is 0 Å². The average molecular weight is 362 g/mol. The van der Waals surface area contributed by atoms with Gasteiger partial charge in [0, 0.05) is 11.8 Å². The maximum Gasteiger partial charge on any atom is 0.248 e. The minimum absolute atomic E-state index is 0.331. The lowest BCUT2D eigenvalue weighted by Gasteiger charge is -2.30. The standard InChI is InChI=1S/C18H22N2O4S/c1-4-17(18(21)19-14-9-8-12-16(13-14)24-2)20(25(3,22)23)15-10-6-5-7-11-15/h5-13,17H,4H2,1-3H3,(H,19,21). The summed E-state index contributed by atoms with van der Waals surface area (Å²) in [4.78, 5) is 12.7. The summed E-state index contributed by atoms with van der Waals surface area (Å²) in [7, 11) is -2.09. The molecule has 2 aromatic rings. The van der Waals surface area contributed by atoms with Crippen molar-refractivity contribution in [2.45, 2.75) is 19.4 Å². The highest BCUT2D eigenvalue weighted by atomic mass is 32.2. The van der Waals surface area contributed by atoms with Crippen molar-refractivity contribution in [3.8, 4) is 5.75 Å². The van der Waals surface area contributed by atoms with E-state index in [1.807, 2.05) is 0 Å². The van der Waals surface area contributed by atoms with Crippen molar-refractivity contribution >= 4 is 27.3 Å². The molecule has 7 heteroatoms. The van der Waals surface area contributed by atoms with Gasteiger partial charge in [-0.25, -0.2) is 8.42 Å². The lowest BCUT2D eigenvalue weighted by atomic mass is 10.2. The maximum atomic E-state index is 12.7. The summed E-state index contributed by atoms with van der Waals surface area (Å²) in [6.45, 7) is 1.77. The molecule has 2 aromatic carbocycles. The molecular weight excluding hydrogens is 340 g/mol. The highest BCUT2D eigenvalue weighted by Gasteiger charge is 2.31. The molecular formula is C18H22N2O4S. The van der Waals surface area contributed by atoms with Crippen LogP contribution in [0.1, 0.15) is 13.3 Å². The number of sulfonamides is 1. The van der Waals surface area contributed by atoms with Crippen molar-refractivity contribution in [2.75, 3.05) is 23.0 Å². The number of amides is 1. The number of hydrogen-bond donors (Lipinski definition) is 1. The number of nitrogens with one attached hydrogen (secondary N) is 1. The predicted octanol–water partition coefficient (Wildman–Crippen LogP) is 2.88. The summed E-state index contributed by atoms with van der Waals surface area (Å²) >= 11 is 0. The quantitative estimate of drug-likeness (QED) is 0.822. The lowest BCUT2D eigenvalue weighted by Crippen LogP contribution is -2.46. The van der Waals surface area contributed by atoms with Gasteiger partial charge in [0.1, 0.15) is 11.8 Å². The highest BCUT2D eigenvalue weighted by molar-refractivity contribution is 7.92. The van der Waals surface area contributed by atoms with Gasteiger partial charge in [-0.05, 0) is 30.7 Å². The molecule has 1 N–H and O–H groups in total. The minimum atomic E-state index is -3.63. The molecule has 0 heterocycles. The number of benzene rings is 2. The Morgan fingerprint density at radius 1 is 1.16 bits per heavy atom. The number of ether oxygens (including phenoxy) is 1. The van der Waals surface area contributed by atoms with Crippen LogP contribution in [0.15, 0.2) is 54.6 Å². The molecule has 0 aliphatic carbocycles. The number of rotatable bonds is 7. The van der Waals surface area contributed by atoms with E-state index in [9.17, 15) is 13.2 Å². The maximum absolute atomic E-state index is 12.7. The predicted molar refractivity (Wildman–Crippen MR) is 99.5 cm³/mol. The van der Waals surface area contributed by atoms with Crippen molar-refractivity contribution < 1.29 is 17.9 Å². The summed E-state index contributed by atoms with van der Waals surface area (Å²) in [5.74, 6) is 0.207. The molecule has 2 rings (SSSR count). The first-order chi connectivity index (χ1) is 11.9. The monoisotopic (exact) mass is 362 g/mol. The third-order valence-corrected chi connectivity index (χ3v) is 4.86. The van der Waals surface area contributed by atoms with Crippen LogP contribution in [-0.2, 0) is 14.8 Å². The number of carbonyl (C=O) groups excluding carboxylic acids is 1. The van der Waals surface area contributed by atoms with Gasteiger partial charge in [0.05, 0.1) is 19.1 Å². The number of nitrogens with zero attached hydrogens (tertiary/aromatic N) is 1. The van der Waals surface area contributed by atoms with Crippen LogP contribution in [0.4, 0.5) is 11.4 Å². The largest absolute Gasteiger partial charge is 0.497 e. The highest BCUT2D eigenvalue weighted by Crippen LogP contribution is 2.23. The van der Waals surface area contributed by atoms with E-state index in [1.54, 1.807) is 61.5 Å². The Morgan fingerprint density at radius 2 is 1.84 bits per heavy atom. The molecule has 6 nitrogen and oxygen atoms in total. The van der Waals surface area contributed by atoms with Crippen molar-refractivity contribution in [1.29, 1.82) is 0 Å². The van der Waals surface area contributed by atoms with Gasteiger partial charge in [0.15, 0.2) is 0 Å². The van der Waals surface area contributed by atoms with Crippen LogP contribution in [0.2, 0.25) is 0 Å². The van der Waals surface area contributed by atoms with E-state index >= 15 is 0 Å². The summed E-state index contributed by atoms with van der Waals surface area (Å²) in [6, 6.07) is 14.7. The topological polar surface area (TPSA) is 75.7 Å². The molecule has 0 aromatic heterocycles. The smallest absolute Gasteiger partial charge is 0.248 e. The molecule has 0 spiro atoms. The van der Waals surface area contributed by atoms with Crippen LogP contribution in [0.5, 0.6) is 5.75 Å². The van der Waals surface area contributed by atoms with Gasteiger partial charge >= 0.3 is 0 Å². The molecule has 0 fully saturated rings. The number of carbonyl (C=O) groups is 1. The van der Waals surface area contributed by atoms with Gasteiger partial charge < -0.3 is 10.1 Å². The van der Waals surface area contributed by atoms with Crippen LogP contribution >= 0.6 is 0 Å². The third-order valence-electron chi connectivity index (χ3n) is 3.68. The summed E-state index contributed by atoms with van der Waals surface area (Å²) in [6.07, 6.45) is 1.43. The summed E-state index contributed by atoms with van der Waals surface area (Å²) in [5, 5.41) is 2.76. The molecule has 0 bridgehead atoms. The number of methoxy groups -OCH3 is 1. The fourth-order valence-corrected chi connectivity index (χ4v) is 3.77. The van der Waals surface area contributed by atoms with Gasteiger partial charge in [-0.3, -0.25) is 9.10 Å². The van der Waals surface area contributed by atoms with Gasteiger partial charge in [0.25, 0.3) is 0 Å². The second-order valence-corrected chi connectivity index (χ2v) is 7.40. The van der Waals surface area contributed by atoms with Crippen LogP contribution in [0.3, 0.4) is 0 Å². The molecule has 0 aliphatic heterocycles. The van der Waals surface area contributed by atoms with E-state index < -0.39 is 22.0 Å². The fourth-order valence-electron chi connectivity index (χ4n) is 2.56. The van der Waals surface area contributed by atoms with Crippen LogP contribution in [-0.4, -0.2) is 33.7 Å². The van der Waals surface area contributed by atoms with E-state index in [-0.39, 0.29) is 0 Å². The molecule has 25 heavy (non-hydrogen) atoms. The summed E-state index contributed by atoms with van der Waals surface area (Å²) < 4.78 is 30.9. The molecule has 0 radical (unpaired) electrons. The van der Waals surface area contributed by atoms with Gasteiger partial charge in [0.2, 0.25) is 15.9 Å². The SMILES string of the molecule is CCC(C(=O)Nc1cccc(OC)c1)N(c1ccccc1)S(C)(=O)=O. The molecule has 0 saturated carbocycles. The Morgan fingerprint density at radius 3 is 2.40 bits per heavy atom. The van der Waals surface area contributed by atoms with Crippen LogP contribution in [0, 0.1) is 0 Å². The first kappa shape index (κ1) is 18.8. The van der Waals surface area contributed by atoms with Crippen molar-refractivity contribution in [3.05, 3.63) is 54.6 Å². The molecule has 1 atom stereocenters. The summed E-state index contributed by atoms with van der Waals surface area (Å²) in [5.41, 5.74) is 1.00. The van der Waals surface area contributed by atoms with Crippen molar-refractivity contribution in [2.24, 2.45) is 0 Å². The Kier molecular flexibility index (Phi) is 6.03. The first-order valence-electron chi connectivity index (χ1n) is 7.86. The van der Waals surface area contributed by atoms with Gasteiger partial charge in [-0.1, -0.05) is 31.2 Å². The van der Waals surface area contributed by atoms with Crippen LogP contribution < -0.4 is 14.4 Å². The van der Waals surface area contributed by atoms with E-state index in [0.29, 0.717) is 23.5 Å². The van der Waals surface area contributed by atoms with E-state index in [2.05, 4.69) is 5.32 Å². The van der Waals surface area contributed by atoms with Gasteiger partial charge in [-0.2, -0.15) is 0 Å². The zero-order valence-electron chi connectivity index (χ0n) is 14.5. The molecule has 0 aliphatic rings. The molecule has 1 unspecified atom stereocenters. The molecule has 134 valence electrons. The zero-order chi connectivity index (χ0) is 18.4. The second kappa shape index (κ2) is 8.02. The van der Waals surface area contributed by atoms with Crippen LogP contribution in [0.25, 0.3) is 0 Å². The second-order valence-electron chi connectivity index (χ2n) is 5.54. The lowest BCUT2D eigenvalue weighted by molar-refractivity contribution is -0.117. The normalized spacial score (nSPS) is 12.3. The first-order valence-corrected chi connectivity index (χ1v) is 9.71. The fraction of sp³-hybridized carbons (Fsp3) is 0.278. The van der Waals surface area contributed by atoms with E-state index in [0.717, 1.165) is 10.6 Å². The number of hydrogen-bond acceptors (Lipinski definition) is 4. The van der Waals surface area contributed by atoms with E-state index in [4.69, 9.17) is 4.74 Å². The Hall–Kier alpha value is -2.54. The minimum Gasteiger partial charge on any atom is -0.497 e. The van der Waals surface area contributed by atoms with Gasteiger partial charge in [-0.15, -0.1) is 0 Å². The average Bonchev–Trinajstić information content (AvgIpc) is 2.59. The number of para-hydroxylation sites is 1. The number of anilines is 2. The Bertz CT molecular complexity index is 822. The zero-order valence-corrected chi connectivity index (χ0v) is 15.3. The third kappa shape index (κ3) is 4.73. The Balaban J connectivity index is 2.32. The Labute approximate surface area is 148 Å². The van der Waals surface area contributed by atoms with E-state index in [1.165, 1.54) is 7.11 Å².